The van der Waals surface area contributed by atoms with Crippen LogP contribution in [0.3, 0.4) is 0 Å². The van der Waals surface area contributed by atoms with Gasteiger partial charge in [-0.05, 0) is 19.3 Å². The van der Waals surface area contributed by atoms with E-state index < -0.39 is 0 Å². The lowest BCUT2D eigenvalue weighted by Gasteiger charge is -2.12. The van der Waals surface area contributed by atoms with E-state index in [1.165, 1.54) is 6.42 Å². The van der Waals surface area contributed by atoms with Crippen molar-refractivity contribution in [2.75, 3.05) is 0 Å². The Morgan fingerprint density at radius 2 is 2.00 bits per heavy atom. The highest BCUT2D eigenvalue weighted by Gasteiger charge is 2.35. The fraction of sp³-hybridized carbons (Fsp3) is 0.778. The lowest BCUT2D eigenvalue weighted by atomic mass is 9.92. The van der Waals surface area contributed by atoms with Crippen molar-refractivity contribution >= 4 is 0 Å². The first-order chi connectivity index (χ1) is 4.04. The Bertz CT molecular complexity index is 142. The van der Waals surface area contributed by atoms with Crippen LogP contribution < -0.4 is 0 Å². The van der Waals surface area contributed by atoms with E-state index in [0.717, 1.165) is 5.92 Å². The van der Waals surface area contributed by atoms with E-state index >= 15 is 0 Å². The van der Waals surface area contributed by atoms with E-state index in [-0.39, 0.29) is 0 Å². The van der Waals surface area contributed by atoms with E-state index in [4.69, 9.17) is 0 Å². The third kappa shape index (κ3) is 1.35. The normalized spacial score (nSPS) is 32.8. The average molecular weight is 124 g/mol. The maximum absolute atomic E-state index is 2.37. The predicted octanol–water partition coefficient (Wildman–Crippen LogP) is 3.00. The molecule has 0 saturated carbocycles. The standard InChI is InChI=1S/C9H16/c1-7(2)5-9(4)6-8(9)3/h6-7H,5H2,1-4H3. The molecule has 1 aliphatic rings. The van der Waals surface area contributed by atoms with Crippen molar-refractivity contribution in [1.82, 2.24) is 0 Å². The lowest BCUT2D eigenvalue weighted by Crippen LogP contribution is -2.02. The molecule has 0 aromatic heterocycles. The number of hydrogen-bond acceptors (Lipinski definition) is 0. The molecule has 0 aromatic carbocycles. The van der Waals surface area contributed by atoms with Crippen LogP contribution in [-0.4, -0.2) is 0 Å². The maximum atomic E-state index is 2.37. The summed E-state index contributed by atoms with van der Waals surface area (Å²) in [6.07, 6.45) is 3.70. The molecule has 0 aliphatic heterocycles. The molecule has 0 nitrogen and oxygen atoms in total. The summed E-state index contributed by atoms with van der Waals surface area (Å²) in [4.78, 5) is 0. The van der Waals surface area contributed by atoms with Gasteiger partial charge in [-0.2, -0.15) is 0 Å². The summed E-state index contributed by atoms with van der Waals surface area (Å²) in [5.41, 5.74) is 2.10. The lowest BCUT2D eigenvalue weighted by molar-refractivity contribution is 0.446. The molecule has 0 fully saturated rings. The Hall–Kier alpha value is -0.260. The van der Waals surface area contributed by atoms with Crippen LogP contribution >= 0.6 is 0 Å². The van der Waals surface area contributed by atoms with E-state index in [9.17, 15) is 0 Å². The van der Waals surface area contributed by atoms with Gasteiger partial charge in [0.1, 0.15) is 0 Å². The van der Waals surface area contributed by atoms with Crippen molar-refractivity contribution in [3.8, 4) is 0 Å². The first-order valence-corrected chi connectivity index (χ1v) is 3.74. The molecule has 1 atom stereocenters. The summed E-state index contributed by atoms with van der Waals surface area (Å²) in [7, 11) is 0. The van der Waals surface area contributed by atoms with Gasteiger partial charge < -0.3 is 0 Å². The van der Waals surface area contributed by atoms with Crippen molar-refractivity contribution in [1.29, 1.82) is 0 Å². The summed E-state index contributed by atoms with van der Waals surface area (Å²) >= 11 is 0. The molecule has 1 aliphatic carbocycles. The highest BCUT2D eigenvalue weighted by atomic mass is 14.4. The molecule has 0 amide bonds. The number of allylic oxidation sites excluding steroid dienone is 2. The van der Waals surface area contributed by atoms with Gasteiger partial charge in [-0.15, -0.1) is 0 Å². The van der Waals surface area contributed by atoms with Gasteiger partial charge in [0.15, 0.2) is 0 Å². The van der Waals surface area contributed by atoms with E-state index in [0.29, 0.717) is 5.41 Å². The smallest absolute Gasteiger partial charge is 0.00653 e. The van der Waals surface area contributed by atoms with E-state index in [1.54, 1.807) is 5.57 Å². The molecular formula is C9H16. The molecule has 0 spiro atoms. The fourth-order valence-corrected chi connectivity index (χ4v) is 1.51. The molecule has 1 rings (SSSR count). The third-order valence-corrected chi connectivity index (χ3v) is 2.18. The molecule has 0 bridgehead atoms. The van der Waals surface area contributed by atoms with Crippen LogP contribution in [-0.2, 0) is 0 Å². The van der Waals surface area contributed by atoms with Crippen LogP contribution in [0.4, 0.5) is 0 Å². The van der Waals surface area contributed by atoms with Crippen LogP contribution in [0.25, 0.3) is 0 Å². The Kier molecular flexibility index (Phi) is 1.42. The highest BCUT2D eigenvalue weighted by Crippen LogP contribution is 2.47. The Morgan fingerprint density at radius 3 is 2.11 bits per heavy atom. The fourth-order valence-electron chi connectivity index (χ4n) is 1.51. The zero-order valence-corrected chi connectivity index (χ0v) is 6.86. The molecule has 0 N–H and O–H groups in total. The van der Waals surface area contributed by atoms with Gasteiger partial charge >= 0.3 is 0 Å². The zero-order chi connectivity index (χ0) is 7.07. The quantitative estimate of drug-likeness (QED) is 0.496. The monoisotopic (exact) mass is 124 g/mol. The van der Waals surface area contributed by atoms with Gasteiger partial charge in [0.2, 0.25) is 0 Å². The van der Waals surface area contributed by atoms with Gasteiger partial charge in [-0.1, -0.05) is 32.4 Å². The van der Waals surface area contributed by atoms with Crippen molar-refractivity contribution in [2.45, 2.75) is 34.1 Å². The predicted molar refractivity (Wildman–Crippen MR) is 41.3 cm³/mol. The Morgan fingerprint density at radius 1 is 1.56 bits per heavy atom. The van der Waals surface area contributed by atoms with Crippen molar-refractivity contribution < 1.29 is 0 Å². The summed E-state index contributed by atoms with van der Waals surface area (Å²) in [5, 5.41) is 0. The third-order valence-electron chi connectivity index (χ3n) is 2.18. The summed E-state index contributed by atoms with van der Waals surface area (Å²) in [6.45, 7) is 9.11. The summed E-state index contributed by atoms with van der Waals surface area (Å²) < 4.78 is 0. The molecule has 0 radical (unpaired) electrons. The van der Waals surface area contributed by atoms with Crippen LogP contribution in [0.1, 0.15) is 34.1 Å². The second-order valence-corrected chi connectivity index (χ2v) is 3.84. The molecule has 0 heterocycles. The van der Waals surface area contributed by atoms with Gasteiger partial charge in [-0.25, -0.2) is 0 Å². The van der Waals surface area contributed by atoms with Crippen LogP contribution in [0.2, 0.25) is 0 Å². The SMILES string of the molecule is CC1=CC1(C)CC(C)C. The van der Waals surface area contributed by atoms with Gasteiger partial charge in [0.05, 0.1) is 0 Å². The van der Waals surface area contributed by atoms with Crippen LogP contribution in [0.5, 0.6) is 0 Å². The van der Waals surface area contributed by atoms with Crippen molar-refractivity contribution in [3.05, 3.63) is 11.6 Å². The van der Waals surface area contributed by atoms with E-state index in [1.807, 2.05) is 0 Å². The molecule has 52 valence electrons. The second kappa shape index (κ2) is 1.86. The first kappa shape index (κ1) is 6.85. The maximum Gasteiger partial charge on any atom is 0.00653 e. The van der Waals surface area contributed by atoms with Crippen molar-refractivity contribution in [2.24, 2.45) is 11.3 Å². The Balaban J connectivity index is 2.31. The van der Waals surface area contributed by atoms with Crippen LogP contribution in [0, 0.1) is 11.3 Å². The Labute approximate surface area is 58.0 Å². The van der Waals surface area contributed by atoms with Gasteiger partial charge in [-0.3, -0.25) is 0 Å². The molecule has 9 heavy (non-hydrogen) atoms. The van der Waals surface area contributed by atoms with Gasteiger partial charge in [0, 0.05) is 5.41 Å². The number of rotatable bonds is 2. The van der Waals surface area contributed by atoms with Crippen LogP contribution in [0.15, 0.2) is 11.6 Å². The minimum absolute atomic E-state index is 0.522. The summed E-state index contributed by atoms with van der Waals surface area (Å²) in [5.74, 6) is 0.837. The molecule has 1 unspecified atom stereocenters. The minimum Gasteiger partial charge on any atom is -0.0748 e. The topological polar surface area (TPSA) is 0 Å². The average Bonchev–Trinajstić information content (AvgIpc) is 2.10. The van der Waals surface area contributed by atoms with E-state index in [2.05, 4.69) is 33.8 Å². The molecular weight excluding hydrogens is 108 g/mol. The summed E-state index contributed by atoms with van der Waals surface area (Å²) in [6, 6.07) is 0. The van der Waals surface area contributed by atoms with Crippen molar-refractivity contribution in [3.63, 3.8) is 0 Å². The largest absolute Gasteiger partial charge is 0.0748 e. The minimum atomic E-state index is 0.522. The number of hydrogen-bond donors (Lipinski definition) is 0. The molecule has 0 aromatic rings. The molecule has 0 heteroatoms. The highest BCUT2D eigenvalue weighted by molar-refractivity contribution is 5.35. The first-order valence-electron chi connectivity index (χ1n) is 3.74. The molecule has 0 saturated heterocycles. The zero-order valence-electron chi connectivity index (χ0n) is 6.86. The second-order valence-electron chi connectivity index (χ2n) is 3.84. The van der Waals surface area contributed by atoms with Gasteiger partial charge in [0.25, 0.3) is 0 Å².